The Morgan fingerprint density at radius 3 is 1.68 bits per heavy atom. The van der Waals surface area contributed by atoms with E-state index in [0.29, 0.717) is 18.9 Å². The van der Waals surface area contributed by atoms with Crippen LogP contribution in [0.5, 0.6) is 0 Å². The summed E-state index contributed by atoms with van der Waals surface area (Å²) in [7, 11) is 3.98. The van der Waals surface area contributed by atoms with Crippen LogP contribution in [0.15, 0.2) is 54.9 Å². The zero-order valence-electron chi connectivity index (χ0n) is 17.6. The molecule has 5 rings (SSSR count). The first-order chi connectivity index (χ1) is 15.1. The van der Waals surface area contributed by atoms with E-state index in [1.807, 2.05) is 94.5 Å². The number of aromatic nitrogens is 8. The van der Waals surface area contributed by atoms with E-state index in [1.54, 1.807) is 0 Å². The monoisotopic (exact) mass is 414 g/mol. The van der Waals surface area contributed by atoms with Gasteiger partial charge in [0.15, 0.2) is 22.9 Å². The molecular weight excluding hydrogens is 392 g/mol. The van der Waals surface area contributed by atoms with Gasteiger partial charge in [-0.2, -0.15) is 0 Å². The Bertz CT molecular complexity index is 1250. The van der Waals surface area contributed by atoms with Crippen LogP contribution in [0.3, 0.4) is 0 Å². The van der Waals surface area contributed by atoms with Crippen LogP contribution in [0.2, 0.25) is 0 Å². The van der Waals surface area contributed by atoms with E-state index in [2.05, 4.69) is 30.4 Å². The van der Waals surface area contributed by atoms with E-state index < -0.39 is 0 Å². The lowest BCUT2D eigenvalue weighted by Crippen LogP contribution is -2.23. The van der Waals surface area contributed by atoms with Gasteiger partial charge in [0.25, 0.3) is 0 Å². The summed E-state index contributed by atoms with van der Waals surface area (Å²) >= 11 is 0. The largest absolute Gasteiger partial charge is 0.352 e. The molecule has 31 heavy (non-hydrogen) atoms. The summed E-state index contributed by atoms with van der Waals surface area (Å²) in [6.07, 6.45) is 3.93. The second-order valence-corrected chi connectivity index (χ2v) is 7.43. The molecule has 0 spiro atoms. The third kappa shape index (κ3) is 3.63. The minimum absolute atomic E-state index is 0.569. The number of rotatable bonds is 6. The summed E-state index contributed by atoms with van der Waals surface area (Å²) in [5.41, 5.74) is 1.65. The Morgan fingerprint density at radius 1 is 0.710 bits per heavy atom. The molecule has 10 heteroatoms. The van der Waals surface area contributed by atoms with Crippen molar-refractivity contribution < 1.29 is 0 Å². The number of aryl methyl sites for hydroxylation is 1. The third-order valence-electron chi connectivity index (χ3n) is 5.12. The minimum atomic E-state index is 0.569. The molecule has 0 atom stereocenters. The highest BCUT2D eigenvalue weighted by Gasteiger charge is 2.15. The second kappa shape index (κ2) is 7.63. The molecule has 0 aliphatic rings. The average Bonchev–Trinajstić information content (AvgIpc) is 3.38. The van der Waals surface area contributed by atoms with Gasteiger partial charge < -0.3 is 9.80 Å². The summed E-state index contributed by atoms with van der Waals surface area (Å²) in [4.78, 5) is 13.3. The highest BCUT2D eigenvalue weighted by atomic mass is 15.3. The number of hydrogen-bond acceptors (Lipinski definition) is 8. The Balaban J connectivity index is 1.39. The Labute approximate surface area is 178 Å². The summed E-state index contributed by atoms with van der Waals surface area (Å²) in [5.74, 6) is 4.02. The van der Waals surface area contributed by atoms with Crippen LogP contribution in [-0.4, -0.2) is 53.3 Å². The Kier molecular flexibility index (Phi) is 4.66. The predicted molar refractivity (Wildman–Crippen MR) is 117 cm³/mol. The van der Waals surface area contributed by atoms with Gasteiger partial charge in [-0.05, 0) is 31.2 Å². The van der Waals surface area contributed by atoms with Crippen LogP contribution < -0.4 is 9.80 Å². The lowest BCUT2D eigenvalue weighted by Gasteiger charge is -2.22. The fraction of sp³-hybridized carbons (Fsp3) is 0.238. The van der Waals surface area contributed by atoms with Crippen molar-refractivity contribution in [2.75, 3.05) is 23.9 Å². The van der Waals surface area contributed by atoms with Gasteiger partial charge in [-0.1, -0.05) is 12.1 Å². The molecule has 0 radical (unpaired) electrons. The first-order valence-electron chi connectivity index (χ1n) is 9.94. The van der Waals surface area contributed by atoms with Crippen molar-refractivity contribution in [3.05, 3.63) is 72.3 Å². The standard InChI is InChI=1S/C21H22N10/c1-15-22-18(28(2)13-20-26-24-16-8-4-6-10-30(16)20)12-19(23-15)29(3)14-21-27-25-17-9-5-7-11-31(17)21/h4-12H,13-14H2,1-3H3. The van der Waals surface area contributed by atoms with Crippen LogP contribution in [0, 0.1) is 6.92 Å². The van der Waals surface area contributed by atoms with Crippen molar-refractivity contribution in [2.45, 2.75) is 20.0 Å². The van der Waals surface area contributed by atoms with Gasteiger partial charge in [0, 0.05) is 32.6 Å². The van der Waals surface area contributed by atoms with E-state index >= 15 is 0 Å². The Morgan fingerprint density at radius 2 is 1.19 bits per heavy atom. The molecule has 5 heterocycles. The molecule has 5 aromatic rings. The number of anilines is 2. The summed E-state index contributed by atoms with van der Waals surface area (Å²) in [5, 5.41) is 17.1. The molecule has 0 amide bonds. The number of hydrogen-bond donors (Lipinski definition) is 0. The summed E-state index contributed by atoms with van der Waals surface area (Å²) < 4.78 is 3.96. The normalized spacial score (nSPS) is 11.3. The summed E-state index contributed by atoms with van der Waals surface area (Å²) in [6, 6.07) is 13.7. The van der Waals surface area contributed by atoms with Gasteiger partial charge in [-0.3, -0.25) is 8.80 Å². The number of fused-ring (bicyclic) bond motifs is 2. The zero-order valence-corrected chi connectivity index (χ0v) is 17.6. The molecule has 0 saturated carbocycles. The van der Waals surface area contributed by atoms with E-state index in [0.717, 1.165) is 34.6 Å². The average molecular weight is 414 g/mol. The maximum Gasteiger partial charge on any atom is 0.160 e. The van der Waals surface area contributed by atoms with Gasteiger partial charge >= 0.3 is 0 Å². The summed E-state index contributed by atoms with van der Waals surface area (Å²) in [6.45, 7) is 3.03. The fourth-order valence-corrected chi connectivity index (χ4v) is 3.51. The van der Waals surface area contributed by atoms with E-state index in [1.165, 1.54) is 0 Å². The Hall–Kier alpha value is -4.08. The third-order valence-corrected chi connectivity index (χ3v) is 5.12. The van der Waals surface area contributed by atoms with E-state index in [9.17, 15) is 0 Å². The van der Waals surface area contributed by atoms with Gasteiger partial charge in [-0.25, -0.2) is 9.97 Å². The van der Waals surface area contributed by atoms with Crippen LogP contribution in [-0.2, 0) is 13.1 Å². The molecule has 0 bridgehead atoms. The van der Waals surface area contributed by atoms with E-state index in [4.69, 9.17) is 0 Å². The van der Waals surface area contributed by atoms with Crippen molar-refractivity contribution in [1.29, 1.82) is 0 Å². The molecule has 0 unspecified atom stereocenters. The highest BCUT2D eigenvalue weighted by molar-refractivity contribution is 5.51. The predicted octanol–water partition coefficient (Wildman–Crippen LogP) is 2.14. The molecule has 0 fully saturated rings. The highest BCUT2D eigenvalue weighted by Crippen LogP contribution is 2.20. The SMILES string of the molecule is Cc1nc(N(C)Cc2nnc3ccccn23)cc(N(C)Cc2nnc3ccccn23)n1. The van der Waals surface area contributed by atoms with Crippen molar-refractivity contribution in [3.8, 4) is 0 Å². The maximum atomic E-state index is 4.62. The zero-order chi connectivity index (χ0) is 21.4. The first-order valence-corrected chi connectivity index (χ1v) is 9.94. The molecule has 156 valence electrons. The minimum Gasteiger partial charge on any atom is -0.352 e. The molecule has 0 N–H and O–H groups in total. The second-order valence-electron chi connectivity index (χ2n) is 7.43. The first kappa shape index (κ1) is 18.9. The van der Waals surface area contributed by atoms with Crippen LogP contribution in [0.4, 0.5) is 11.6 Å². The lowest BCUT2D eigenvalue weighted by molar-refractivity contribution is 0.785. The van der Waals surface area contributed by atoms with Crippen LogP contribution in [0.25, 0.3) is 11.3 Å². The molecule has 0 aromatic carbocycles. The van der Waals surface area contributed by atoms with Crippen molar-refractivity contribution in [1.82, 2.24) is 39.2 Å². The molecule has 0 aliphatic carbocycles. The van der Waals surface area contributed by atoms with Crippen LogP contribution in [0.1, 0.15) is 17.5 Å². The van der Waals surface area contributed by atoms with Gasteiger partial charge in [-0.15, -0.1) is 20.4 Å². The maximum absolute atomic E-state index is 4.62. The van der Waals surface area contributed by atoms with Gasteiger partial charge in [0.1, 0.15) is 17.5 Å². The van der Waals surface area contributed by atoms with Gasteiger partial charge in [0.05, 0.1) is 13.1 Å². The van der Waals surface area contributed by atoms with Crippen molar-refractivity contribution in [3.63, 3.8) is 0 Å². The molecule has 5 aromatic heterocycles. The van der Waals surface area contributed by atoms with Crippen molar-refractivity contribution in [2.24, 2.45) is 0 Å². The fourth-order valence-electron chi connectivity index (χ4n) is 3.51. The molecular formula is C21H22N10. The quantitative estimate of drug-likeness (QED) is 0.417. The van der Waals surface area contributed by atoms with Crippen molar-refractivity contribution >= 4 is 22.9 Å². The number of pyridine rings is 2. The van der Waals surface area contributed by atoms with Crippen LogP contribution >= 0.6 is 0 Å². The number of nitrogens with zero attached hydrogens (tertiary/aromatic N) is 10. The smallest absolute Gasteiger partial charge is 0.160 e. The molecule has 0 saturated heterocycles. The lowest BCUT2D eigenvalue weighted by atomic mass is 10.4. The molecule has 0 aliphatic heterocycles. The topological polar surface area (TPSA) is 92.6 Å². The molecule has 10 nitrogen and oxygen atoms in total. The van der Waals surface area contributed by atoms with Gasteiger partial charge in [0.2, 0.25) is 0 Å². The van der Waals surface area contributed by atoms with E-state index in [-0.39, 0.29) is 0 Å².